The molecule has 0 aliphatic carbocycles. The van der Waals surface area contributed by atoms with E-state index < -0.39 is 5.97 Å². The van der Waals surface area contributed by atoms with Crippen molar-refractivity contribution in [2.75, 3.05) is 21.3 Å². The van der Waals surface area contributed by atoms with Crippen molar-refractivity contribution < 1.29 is 46.9 Å². The largest absolute Gasteiger partial charge is 0.341 e. The van der Waals surface area contributed by atoms with Gasteiger partial charge in [0.1, 0.15) is 0 Å². The van der Waals surface area contributed by atoms with E-state index in [1.54, 1.807) is 0 Å². The monoisotopic (exact) mass is 297 g/mol. The Labute approximate surface area is 122 Å². The van der Waals surface area contributed by atoms with Gasteiger partial charge < -0.3 is 21.1 Å². The normalized spacial score (nSPS) is 11.0. The fourth-order valence-corrected chi connectivity index (χ4v) is 1.45. The van der Waals surface area contributed by atoms with E-state index in [0.29, 0.717) is 6.42 Å². The topological polar surface area (TPSA) is 27.7 Å². The smallest absolute Gasteiger partial charge is 0.287 e. The quantitative estimate of drug-likeness (QED) is 0.614. The van der Waals surface area contributed by atoms with Crippen LogP contribution < -0.4 is 0 Å². The molecule has 0 aliphatic rings. The third-order valence-corrected chi connectivity index (χ3v) is 2.29. The molecule has 3 nitrogen and oxygen atoms in total. The zero-order chi connectivity index (χ0) is 11.3. The summed E-state index contributed by atoms with van der Waals surface area (Å²) in [4.78, 5) is 0. The van der Waals surface area contributed by atoms with Gasteiger partial charge in [-0.1, -0.05) is 5.56 Å². The number of hydrogen-bond donors (Lipinski definition) is 0. The number of benzene rings is 1. The van der Waals surface area contributed by atoms with E-state index in [0.717, 1.165) is 11.1 Å². The zero-order valence-corrected chi connectivity index (χ0v) is 12.8. The summed E-state index contributed by atoms with van der Waals surface area (Å²) in [5, 5.41) is 0. The van der Waals surface area contributed by atoms with Gasteiger partial charge in [-0.25, -0.2) is 0 Å². The summed E-state index contributed by atoms with van der Waals surface area (Å²) in [5.41, 5.74) is 1.79. The van der Waals surface area contributed by atoms with Crippen LogP contribution >= 0.6 is 0 Å². The van der Waals surface area contributed by atoms with E-state index in [1.807, 2.05) is 18.2 Å². The molecule has 1 aromatic rings. The fraction of sp³-hybridized carbons (Fsp3) is 0.417. The van der Waals surface area contributed by atoms with Crippen molar-refractivity contribution >= 4 is 0 Å². The second-order valence-corrected chi connectivity index (χ2v) is 3.02. The van der Waals surface area contributed by atoms with Crippen LogP contribution in [0.25, 0.3) is 0 Å². The second kappa shape index (κ2) is 7.51. The number of ether oxygens (including phenoxy) is 3. The van der Waals surface area contributed by atoms with Crippen LogP contribution in [-0.2, 0) is 59.3 Å². The Kier molecular flexibility index (Phi) is 7.61. The van der Waals surface area contributed by atoms with Gasteiger partial charge in [0.05, 0.1) is 0 Å². The van der Waals surface area contributed by atoms with Crippen LogP contribution in [0.4, 0.5) is 0 Å². The van der Waals surface area contributed by atoms with Crippen LogP contribution in [-0.4, -0.2) is 21.3 Å². The van der Waals surface area contributed by atoms with Gasteiger partial charge in [0.15, 0.2) is 0 Å². The van der Waals surface area contributed by atoms with Gasteiger partial charge in [0.25, 0.3) is 5.97 Å². The standard InChI is InChI=1S/C12H16O3.Y/c1-5-10-7-6-8-11(9-10)12(13-2,14-3)15-4;/h6,8-9H,1,5H2,2-4H3;/q-2;. The second-order valence-electron chi connectivity index (χ2n) is 3.02. The number of methoxy groups -OCH3 is 3. The van der Waals surface area contributed by atoms with E-state index in [1.165, 1.54) is 21.3 Å². The van der Waals surface area contributed by atoms with Gasteiger partial charge in [-0.05, 0) is 0 Å². The van der Waals surface area contributed by atoms with Crippen molar-refractivity contribution in [2.24, 2.45) is 0 Å². The van der Waals surface area contributed by atoms with Crippen molar-refractivity contribution in [2.45, 2.75) is 12.4 Å². The molecule has 16 heavy (non-hydrogen) atoms. The van der Waals surface area contributed by atoms with Crippen LogP contribution in [0.2, 0.25) is 0 Å². The maximum atomic E-state index is 5.24. The predicted octanol–water partition coefficient (Wildman–Crippen LogP) is 1.91. The molecule has 0 saturated heterocycles. The molecule has 0 amide bonds. The molecule has 0 aromatic heterocycles. The molecule has 0 saturated carbocycles. The minimum absolute atomic E-state index is 0. The van der Waals surface area contributed by atoms with E-state index in [-0.39, 0.29) is 32.7 Å². The molecule has 1 rings (SSSR count). The number of rotatable bonds is 5. The van der Waals surface area contributed by atoms with Crippen LogP contribution in [0.1, 0.15) is 11.1 Å². The van der Waals surface area contributed by atoms with Gasteiger partial charge in [-0.2, -0.15) is 36.2 Å². The summed E-state index contributed by atoms with van der Waals surface area (Å²) in [5.74, 6) is -1.14. The first-order valence-electron chi connectivity index (χ1n) is 4.68. The first-order chi connectivity index (χ1) is 7.22. The van der Waals surface area contributed by atoms with E-state index in [4.69, 9.17) is 14.2 Å². The summed E-state index contributed by atoms with van der Waals surface area (Å²) in [6.07, 6.45) is 0.668. The van der Waals surface area contributed by atoms with Gasteiger partial charge in [-0.3, -0.25) is 0 Å². The molecule has 4 heteroatoms. The van der Waals surface area contributed by atoms with Gasteiger partial charge >= 0.3 is 0 Å². The molecule has 0 fully saturated rings. The summed E-state index contributed by atoms with van der Waals surface area (Å²) >= 11 is 0. The van der Waals surface area contributed by atoms with Gasteiger partial charge in [0, 0.05) is 54.0 Å². The van der Waals surface area contributed by atoms with Crippen LogP contribution in [0.5, 0.6) is 0 Å². The number of hydrogen-bond acceptors (Lipinski definition) is 3. The molecule has 0 atom stereocenters. The molecule has 0 unspecified atom stereocenters. The Morgan fingerprint density at radius 3 is 2.25 bits per heavy atom. The molecule has 87 valence electrons. The van der Waals surface area contributed by atoms with Crippen molar-refractivity contribution in [1.29, 1.82) is 0 Å². The Morgan fingerprint density at radius 2 is 1.81 bits per heavy atom. The minimum atomic E-state index is -1.14. The van der Waals surface area contributed by atoms with Crippen molar-refractivity contribution in [1.82, 2.24) is 0 Å². The Morgan fingerprint density at radius 1 is 1.25 bits per heavy atom. The Balaban J connectivity index is 0.00000225. The SMILES string of the molecule is [CH2-]Cc1[c-]ccc(C(OC)(OC)OC)c1.[Y]. The summed E-state index contributed by atoms with van der Waals surface area (Å²) in [7, 11) is 4.61. The first kappa shape index (κ1) is 16.2. The molecule has 0 spiro atoms. The first-order valence-corrected chi connectivity index (χ1v) is 4.68. The molecule has 1 aromatic carbocycles. The maximum absolute atomic E-state index is 5.24. The molecular weight excluding hydrogens is 281 g/mol. The van der Waals surface area contributed by atoms with Crippen molar-refractivity contribution in [3.63, 3.8) is 0 Å². The van der Waals surface area contributed by atoms with Crippen molar-refractivity contribution in [3.05, 3.63) is 42.3 Å². The molecular formula is C12H16O3Y-2. The van der Waals surface area contributed by atoms with Crippen LogP contribution in [0.3, 0.4) is 0 Å². The average Bonchev–Trinajstić information content (AvgIpc) is 2.32. The Bertz CT molecular complexity index is 303. The molecule has 0 bridgehead atoms. The molecule has 0 heterocycles. The third-order valence-electron chi connectivity index (χ3n) is 2.29. The minimum Gasteiger partial charge on any atom is -0.341 e. The molecule has 0 aliphatic heterocycles. The summed E-state index contributed by atoms with van der Waals surface area (Å²) < 4.78 is 15.7. The fourth-order valence-electron chi connectivity index (χ4n) is 1.45. The Hall–Kier alpha value is 0.204. The van der Waals surface area contributed by atoms with Crippen molar-refractivity contribution in [3.8, 4) is 0 Å². The van der Waals surface area contributed by atoms with Gasteiger partial charge in [-0.15, -0.1) is 0 Å². The van der Waals surface area contributed by atoms with E-state index >= 15 is 0 Å². The summed E-state index contributed by atoms with van der Waals surface area (Å²) in [6, 6.07) is 8.63. The van der Waals surface area contributed by atoms with Gasteiger partial charge in [0.2, 0.25) is 0 Å². The zero-order valence-electron chi connectivity index (χ0n) is 9.95. The third kappa shape index (κ3) is 3.35. The average molecular weight is 297 g/mol. The molecule has 0 N–H and O–H groups in total. The molecule has 1 radical (unpaired) electrons. The maximum Gasteiger partial charge on any atom is 0.287 e. The van der Waals surface area contributed by atoms with E-state index in [9.17, 15) is 0 Å². The van der Waals surface area contributed by atoms with Crippen LogP contribution in [0, 0.1) is 13.0 Å². The predicted molar refractivity (Wildman–Crippen MR) is 57.0 cm³/mol. The van der Waals surface area contributed by atoms with E-state index in [2.05, 4.69) is 13.0 Å². The van der Waals surface area contributed by atoms with Crippen LogP contribution in [0.15, 0.2) is 18.2 Å². The summed E-state index contributed by atoms with van der Waals surface area (Å²) in [6.45, 7) is 3.80.